The van der Waals surface area contributed by atoms with Gasteiger partial charge < -0.3 is 10.2 Å². The summed E-state index contributed by atoms with van der Waals surface area (Å²) in [5.41, 5.74) is 5.97. The molecule has 0 saturated heterocycles. The van der Waals surface area contributed by atoms with Gasteiger partial charge in [-0.25, -0.2) is 4.39 Å². The lowest BCUT2D eigenvalue weighted by molar-refractivity contribution is 0.0745. The normalized spacial score (nSPS) is 18.6. The van der Waals surface area contributed by atoms with Gasteiger partial charge in [0.25, 0.3) is 0 Å². The third-order valence-corrected chi connectivity index (χ3v) is 4.64. The zero-order valence-corrected chi connectivity index (χ0v) is 12.0. The Labute approximate surface area is 123 Å². The fraction of sp³-hybridized carbons (Fsp3) is 0.471. The minimum absolute atomic E-state index is 0.0245. The molecular formula is C17H20FNO2. The van der Waals surface area contributed by atoms with Gasteiger partial charge in [-0.2, -0.15) is 0 Å². The van der Waals surface area contributed by atoms with Crippen LogP contribution in [0.5, 0.6) is 0 Å². The monoisotopic (exact) mass is 289 g/mol. The molecule has 21 heavy (non-hydrogen) atoms. The van der Waals surface area contributed by atoms with Crippen LogP contribution in [-0.4, -0.2) is 12.3 Å². The molecule has 0 bridgehead atoms. The van der Waals surface area contributed by atoms with Gasteiger partial charge in [0.1, 0.15) is 11.4 Å². The first-order valence-electron chi connectivity index (χ1n) is 7.59. The van der Waals surface area contributed by atoms with E-state index < -0.39 is 5.41 Å². The summed E-state index contributed by atoms with van der Waals surface area (Å²) < 4.78 is 18.9. The Bertz CT molecular complexity index is 654. The van der Waals surface area contributed by atoms with E-state index >= 15 is 0 Å². The van der Waals surface area contributed by atoms with E-state index in [0.717, 1.165) is 38.5 Å². The van der Waals surface area contributed by atoms with E-state index in [1.165, 1.54) is 12.1 Å². The maximum Gasteiger partial charge on any atom is 0.205 e. The van der Waals surface area contributed by atoms with Gasteiger partial charge in [0.15, 0.2) is 5.76 Å². The predicted octanol–water partition coefficient (Wildman–Crippen LogP) is 4.05. The predicted molar refractivity (Wildman–Crippen MR) is 79.7 cm³/mol. The van der Waals surface area contributed by atoms with Gasteiger partial charge >= 0.3 is 0 Å². The Balaban J connectivity index is 1.97. The van der Waals surface area contributed by atoms with Crippen LogP contribution >= 0.6 is 0 Å². The molecule has 0 amide bonds. The lowest BCUT2D eigenvalue weighted by atomic mass is 9.75. The fourth-order valence-corrected chi connectivity index (χ4v) is 3.32. The van der Waals surface area contributed by atoms with E-state index in [-0.39, 0.29) is 11.6 Å². The number of halogens is 1. The average molecular weight is 289 g/mol. The highest BCUT2D eigenvalue weighted by atomic mass is 19.1. The van der Waals surface area contributed by atoms with Gasteiger partial charge in [0, 0.05) is 17.3 Å². The fourth-order valence-electron chi connectivity index (χ4n) is 3.32. The number of carbonyl (C=O) groups is 1. The molecule has 2 N–H and O–H groups in total. The third kappa shape index (κ3) is 2.60. The van der Waals surface area contributed by atoms with E-state index in [1.807, 2.05) is 0 Å². The molecule has 112 valence electrons. The molecule has 1 aromatic heterocycles. The first-order chi connectivity index (χ1) is 10.1. The molecule has 3 nitrogen and oxygen atoms in total. The number of hydrogen-bond donors (Lipinski definition) is 1. The molecule has 1 heterocycles. The number of ketones is 1. The zero-order chi connectivity index (χ0) is 14.9. The average Bonchev–Trinajstić information content (AvgIpc) is 2.75. The van der Waals surface area contributed by atoms with Crippen LogP contribution < -0.4 is 5.73 Å². The molecule has 4 heteroatoms. The van der Waals surface area contributed by atoms with Crippen molar-refractivity contribution in [3.8, 4) is 0 Å². The summed E-state index contributed by atoms with van der Waals surface area (Å²) in [6.45, 7) is 0.344. The first kappa shape index (κ1) is 14.3. The minimum Gasteiger partial charge on any atom is -0.453 e. The lowest BCUT2D eigenvalue weighted by Crippen LogP contribution is -2.38. The Kier molecular flexibility index (Phi) is 3.81. The summed E-state index contributed by atoms with van der Waals surface area (Å²) in [5, 5.41) is 0.624. The van der Waals surface area contributed by atoms with Gasteiger partial charge in [-0.05, 0) is 37.1 Å². The minimum atomic E-state index is -0.511. The van der Waals surface area contributed by atoms with Crippen molar-refractivity contribution in [2.24, 2.45) is 11.1 Å². The maximum absolute atomic E-state index is 13.3. The van der Waals surface area contributed by atoms with Crippen molar-refractivity contribution >= 4 is 16.8 Å². The summed E-state index contributed by atoms with van der Waals surface area (Å²) in [6.07, 6.45) is 5.98. The van der Waals surface area contributed by atoms with Crippen LogP contribution in [0.3, 0.4) is 0 Å². The maximum atomic E-state index is 13.3. The summed E-state index contributed by atoms with van der Waals surface area (Å²) >= 11 is 0. The van der Waals surface area contributed by atoms with Gasteiger partial charge in [0.2, 0.25) is 5.78 Å². The van der Waals surface area contributed by atoms with Gasteiger partial charge in [-0.1, -0.05) is 25.7 Å². The molecule has 0 unspecified atom stereocenters. The molecule has 3 rings (SSSR count). The molecular weight excluding hydrogens is 269 g/mol. The highest BCUT2D eigenvalue weighted by Gasteiger charge is 2.39. The van der Waals surface area contributed by atoms with E-state index in [0.29, 0.717) is 23.3 Å². The number of furan rings is 1. The lowest BCUT2D eigenvalue weighted by Gasteiger charge is -2.28. The van der Waals surface area contributed by atoms with E-state index in [2.05, 4.69) is 0 Å². The van der Waals surface area contributed by atoms with Gasteiger partial charge in [-0.15, -0.1) is 0 Å². The largest absolute Gasteiger partial charge is 0.453 e. The Morgan fingerprint density at radius 3 is 2.57 bits per heavy atom. The van der Waals surface area contributed by atoms with Crippen LogP contribution in [0, 0.1) is 11.2 Å². The Hall–Kier alpha value is -1.68. The van der Waals surface area contributed by atoms with Crippen molar-refractivity contribution in [3.05, 3.63) is 35.8 Å². The standard InChI is InChI=1S/C17H20FNO2/c18-13-5-6-14-12(9-13)10-15(21-14)16(20)17(11-19)7-3-1-2-4-8-17/h5-6,9-10H,1-4,7-8,11,19H2. The topological polar surface area (TPSA) is 56.2 Å². The Morgan fingerprint density at radius 2 is 1.90 bits per heavy atom. The van der Waals surface area contributed by atoms with Crippen LogP contribution in [0.1, 0.15) is 49.1 Å². The molecule has 1 aromatic carbocycles. The molecule has 2 aromatic rings. The van der Waals surface area contributed by atoms with Crippen molar-refractivity contribution in [2.75, 3.05) is 6.54 Å². The highest BCUT2D eigenvalue weighted by molar-refractivity contribution is 6.01. The number of rotatable bonds is 3. The molecule has 1 saturated carbocycles. The zero-order valence-electron chi connectivity index (χ0n) is 12.0. The molecule has 0 atom stereocenters. The molecule has 0 aliphatic heterocycles. The SMILES string of the molecule is NCC1(C(=O)c2cc3cc(F)ccc3o2)CCCCCC1. The van der Waals surface area contributed by atoms with E-state index in [9.17, 15) is 9.18 Å². The Morgan fingerprint density at radius 1 is 1.19 bits per heavy atom. The second-order valence-corrected chi connectivity index (χ2v) is 6.02. The van der Waals surface area contributed by atoms with Crippen molar-refractivity contribution in [3.63, 3.8) is 0 Å². The molecule has 1 aliphatic rings. The van der Waals surface area contributed by atoms with Gasteiger partial charge in [0.05, 0.1) is 0 Å². The second kappa shape index (κ2) is 5.60. The number of nitrogens with two attached hydrogens (primary N) is 1. The van der Waals surface area contributed by atoms with Crippen LogP contribution in [-0.2, 0) is 0 Å². The van der Waals surface area contributed by atoms with Crippen LogP contribution in [0.15, 0.2) is 28.7 Å². The number of benzene rings is 1. The van der Waals surface area contributed by atoms with Crippen molar-refractivity contribution in [1.29, 1.82) is 0 Å². The van der Waals surface area contributed by atoms with Crippen LogP contribution in [0.4, 0.5) is 4.39 Å². The smallest absolute Gasteiger partial charge is 0.205 e. The summed E-state index contributed by atoms with van der Waals surface area (Å²) in [7, 11) is 0. The first-order valence-corrected chi connectivity index (χ1v) is 7.59. The summed E-state index contributed by atoms with van der Waals surface area (Å²) in [4.78, 5) is 12.9. The third-order valence-electron chi connectivity index (χ3n) is 4.64. The number of fused-ring (bicyclic) bond motifs is 1. The van der Waals surface area contributed by atoms with E-state index in [4.69, 9.17) is 10.2 Å². The summed E-state index contributed by atoms with van der Waals surface area (Å²) in [5.74, 6) is -0.0447. The molecule has 1 fully saturated rings. The highest BCUT2D eigenvalue weighted by Crippen LogP contribution is 2.38. The molecule has 0 radical (unpaired) electrons. The van der Waals surface area contributed by atoms with Crippen molar-refractivity contribution in [1.82, 2.24) is 0 Å². The van der Waals surface area contributed by atoms with Crippen LogP contribution in [0.25, 0.3) is 11.0 Å². The summed E-state index contributed by atoms with van der Waals surface area (Å²) in [6, 6.07) is 5.93. The van der Waals surface area contributed by atoms with E-state index in [1.54, 1.807) is 12.1 Å². The number of hydrogen-bond acceptors (Lipinski definition) is 3. The van der Waals surface area contributed by atoms with Crippen molar-refractivity contribution in [2.45, 2.75) is 38.5 Å². The van der Waals surface area contributed by atoms with Crippen LogP contribution in [0.2, 0.25) is 0 Å². The molecule has 0 spiro atoms. The molecule has 1 aliphatic carbocycles. The number of Topliss-reactive ketones (excluding diaryl/α,β-unsaturated/α-hetero) is 1. The van der Waals surface area contributed by atoms with Gasteiger partial charge in [-0.3, -0.25) is 4.79 Å². The second-order valence-electron chi connectivity index (χ2n) is 6.02. The quantitative estimate of drug-likeness (QED) is 0.685. The van der Waals surface area contributed by atoms with Crippen molar-refractivity contribution < 1.29 is 13.6 Å². The number of carbonyl (C=O) groups excluding carboxylic acids is 1.